The molecular weight excluding hydrogens is 356 g/mol. The Morgan fingerprint density at radius 2 is 2.11 bits per heavy atom. The molecule has 1 amide bonds. The number of carbonyl (C=O) groups is 1. The fraction of sp³-hybridized carbons (Fsp3) is 0.143. The van der Waals surface area contributed by atoms with Gasteiger partial charge in [-0.25, -0.2) is 0 Å². The highest BCUT2D eigenvalue weighted by atomic mass is 16.6. The highest BCUT2D eigenvalue weighted by molar-refractivity contribution is 6.06. The molecule has 1 unspecified atom stereocenters. The third-order valence-corrected chi connectivity index (χ3v) is 4.66. The summed E-state index contributed by atoms with van der Waals surface area (Å²) in [4.78, 5) is 15.6. The predicted octanol–water partition coefficient (Wildman–Crippen LogP) is 3.46. The number of hydrogen-bond acceptors (Lipinski definition) is 4. The Labute approximate surface area is 160 Å². The van der Waals surface area contributed by atoms with Crippen molar-refractivity contribution in [2.45, 2.75) is 12.6 Å². The number of nitrogens with one attached hydrogen (secondary N) is 2. The molecule has 0 saturated carbocycles. The van der Waals surface area contributed by atoms with E-state index in [1.54, 1.807) is 23.1 Å². The zero-order chi connectivity index (χ0) is 18.9. The summed E-state index contributed by atoms with van der Waals surface area (Å²) in [6, 6.07) is 15.1. The molecule has 2 aromatic carbocycles. The van der Waals surface area contributed by atoms with E-state index in [1.807, 2.05) is 48.7 Å². The van der Waals surface area contributed by atoms with E-state index in [4.69, 9.17) is 9.47 Å². The summed E-state index contributed by atoms with van der Waals surface area (Å²) in [5.41, 5.74) is 2.23. The molecule has 140 valence electrons. The van der Waals surface area contributed by atoms with Gasteiger partial charge in [-0.1, -0.05) is 12.1 Å². The van der Waals surface area contributed by atoms with Crippen molar-refractivity contribution in [2.75, 3.05) is 11.9 Å². The van der Waals surface area contributed by atoms with Crippen LogP contribution < -0.4 is 14.8 Å². The Morgan fingerprint density at radius 3 is 3.04 bits per heavy atom. The standard InChI is InChI=1S/C21H18N4O3/c26-21(15-5-6-18-14(9-15)7-8-22-18)24-16-10-23-25(11-16)12-17-13-27-19-3-1-2-4-20(19)28-17/h1-11,17,22H,12-13H2,(H,24,26). The topological polar surface area (TPSA) is 81.2 Å². The number of aromatic amines is 1. The van der Waals surface area contributed by atoms with Gasteiger partial charge in [0.2, 0.25) is 0 Å². The van der Waals surface area contributed by atoms with Crippen molar-refractivity contribution in [1.29, 1.82) is 0 Å². The summed E-state index contributed by atoms with van der Waals surface area (Å²) in [5, 5.41) is 8.20. The first-order chi connectivity index (χ1) is 13.7. The summed E-state index contributed by atoms with van der Waals surface area (Å²) in [7, 11) is 0. The second-order valence-electron chi connectivity index (χ2n) is 6.68. The van der Waals surface area contributed by atoms with Crippen molar-refractivity contribution < 1.29 is 14.3 Å². The van der Waals surface area contributed by atoms with Gasteiger partial charge in [-0.15, -0.1) is 0 Å². The average molecular weight is 374 g/mol. The summed E-state index contributed by atoms with van der Waals surface area (Å²) >= 11 is 0. The first kappa shape index (κ1) is 16.4. The molecule has 1 atom stereocenters. The number of rotatable bonds is 4. The number of H-pyrrole nitrogens is 1. The van der Waals surface area contributed by atoms with Crippen molar-refractivity contribution in [1.82, 2.24) is 14.8 Å². The molecule has 4 aromatic rings. The van der Waals surface area contributed by atoms with E-state index in [2.05, 4.69) is 15.4 Å². The van der Waals surface area contributed by atoms with Crippen molar-refractivity contribution in [3.8, 4) is 11.5 Å². The first-order valence-corrected chi connectivity index (χ1v) is 9.04. The number of benzene rings is 2. The monoisotopic (exact) mass is 374 g/mol. The van der Waals surface area contributed by atoms with Gasteiger partial charge < -0.3 is 19.8 Å². The first-order valence-electron chi connectivity index (χ1n) is 9.04. The molecule has 7 nitrogen and oxygen atoms in total. The lowest BCUT2D eigenvalue weighted by atomic mass is 10.1. The highest BCUT2D eigenvalue weighted by Crippen LogP contribution is 2.31. The van der Waals surface area contributed by atoms with Crippen LogP contribution in [0.5, 0.6) is 11.5 Å². The number of nitrogens with zero attached hydrogens (tertiary/aromatic N) is 2. The number of carbonyl (C=O) groups excluding carboxylic acids is 1. The number of amides is 1. The summed E-state index contributed by atoms with van der Waals surface area (Å²) in [6.07, 6.45) is 5.13. The molecule has 0 fully saturated rings. The Morgan fingerprint density at radius 1 is 1.21 bits per heavy atom. The average Bonchev–Trinajstić information content (AvgIpc) is 3.36. The molecule has 2 aromatic heterocycles. The van der Waals surface area contributed by atoms with Crippen LogP contribution in [-0.4, -0.2) is 33.4 Å². The van der Waals surface area contributed by atoms with E-state index in [9.17, 15) is 4.79 Å². The van der Waals surface area contributed by atoms with Gasteiger partial charge in [0.25, 0.3) is 5.91 Å². The van der Waals surface area contributed by atoms with Crippen LogP contribution in [0.15, 0.2) is 67.1 Å². The van der Waals surface area contributed by atoms with E-state index in [0.717, 1.165) is 22.4 Å². The molecule has 0 spiro atoms. The van der Waals surface area contributed by atoms with Gasteiger partial charge in [-0.05, 0) is 36.4 Å². The molecule has 5 rings (SSSR count). The van der Waals surface area contributed by atoms with Crippen molar-refractivity contribution >= 4 is 22.5 Å². The molecule has 2 N–H and O–H groups in total. The maximum absolute atomic E-state index is 12.5. The summed E-state index contributed by atoms with van der Waals surface area (Å²) < 4.78 is 13.4. The number of fused-ring (bicyclic) bond motifs is 2. The van der Waals surface area contributed by atoms with Gasteiger partial charge in [0.1, 0.15) is 6.61 Å². The van der Waals surface area contributed by atoms with E-state index >= 15 is 0 Å². The molecule has 28 heavy (non-hydrogen) atoms. The van der Waals surface area contributed by atoms with E-state index in [-0.39, 0.29) is 12.0 Å². The number of para-hydroxylation sites is 2. The van der Waals surface area contributed by atoms with Gasteiger partial charge in [-0.2, -0.15) is 5.10 Å². The van der Waals surface area contributed by atoms with Gasteiger partial charge in [0, 0.05) is 28.9 Å². The normalized spacial score (nSPS) is 15.5. The lowest BCUT2D eigenvalue weighted by Gasteiger charge is -2.26. The Hall–Kier alpha value is -3.74. The molecule has 1 aliphatic heterocycles. The zero-order valence-corrected chi connectivity index (χ0v) is 15.0. The van der Waals surface area contributed by atoms with E-state index in [1.165, 1.54) is 0 Å². The van der Waals surface area contributed by atoms with E-state index in [0.29, 0.717) is 24.4 Å². The Kier molecular flexibility index (Phi) is 3.97. The van der Waals surface area contributed by atoms with Crippen LogP contribution in [-0.2, 0) is 6.54 Å². The van der Waals surface area contributed by atoms with Gasteiger partial charge in [-0.3, -0.25) is 9.48 Å². The molecular formula is C21H18N4O3. The molecule has 0 saturated heterocycles. The zero-order valence-electron chi connectivity index (χ0n) is 15.0. The predicted molar refractivity (Wildman–Crippen MR) is 105 cm³/mol. The summed E-state index contributed by atoms with van der Waals surface area (Å²) in [6.45, 7) is 0.981. The number of anilines is 1. The third kappa shape index (κ3) is 3.18. The number of ether oxygens (including phenoxy) is 2. The molecule has 3 heterocycles. The largest absolute Gasteiger partial charge is 0.486 e. The van der Waals surface area contributed by atoms with Gasteiger partial charge in [0.05, 0.1) is 18.4 Å². The minimum absolute atomic E-state index is 0.144. The second-order valence-corrected chi connectivity index (χ2v) is 6.68. The van der Waals surface area contributed by atoms with Crippen LogP contribution in [0.1, 0.15) is 10.4 Å². The van der Waals surface area contributed by atoms with Crippen LogP contribution in [0.4, 0.5) is 5.69 Å². The third-order valence-electron chi connectivity index (χ3n) is 4.66. The van der Waals surface area contributed by atoms with Crippen molar-refractivity contribution in [3.63, 3.8) is 0 Å². The maximum atomic E-state index is 12.5. The van der Waals surface area contributed by atoms with Crippen LogP contribution >= 0.6 is 0 Å². The smallest absolute Gasteiger partial charge is 0.255 e. The minimum Gasteiger partial charge on any atom is -0.486 e. The summed E-state index contributed by atoms with van der Waals surface area (Å²) in [5.74, 6) is 1.32. The number of aromatic nitrogens is 3. The SMILES string of the molecule is O=C(Nc1cnn(CC2COc3ccccc3O2)c1)c1ccc2[nH]ccc2c1. The quantitative estimate of drug-likeness (QED) is 0.573. The molecule has 1 aliphatic rings. The van der Waals surface area contributed by atoms with Gasteiger partial charge in [0.15, 0.2) is 17.6 Å². The van der Waals surface area contributed by atoms with Crippen LogP contribution in [0.3, 0.4) is 0 Å². The highest BCUT2D eigenvalue weighted by Gasteiger charge is 2.21. The Bertz CT molecular complexity index is 1150. The molecule has 0 aliphatic carbocycles. The molecule has 7 heteroatoms. The van der Waals surface area contributed by atoms with Gasteiger partial charge >= 0.3 is 0 Å². The fourth-order valence-corrected chi connectivity index (χ4v) is 3.29. The lowest BCUT2D eigenvalue weighted by Crippen LogP contribution is -2.33. The van der Waals surface area contributed by atoms with Crippen LogP contribution in [0.25, 0.3) is 10.9 Å². The van der Waals surface area contributed by atoms with Crippen molar-refractivity contribution in [3.05, 3.63) is 72.7 Å². The number of hydrogen-bond donors (Lipinski definition) is 2. The Balaban J connectivity index is 1.24. The lowest BCUT2D eigenvalue weighted by molar-refractivity contribution is 0.0759. The molecule has 0 bridgehead atoms. The van der Waals surface area contributed by atoms with Crippen molar-refractivity contribution in [2.24, 2.45) is 0 Å². The maximum Gasteiger partial charge on any atom is 0.255 e. The molecule has 0 radical (unpaired) electrons. The fourth-order valence-electron chi connectivity index (χ4n) is 3.29. The van der Waals surface area contributed by atoms with Crippen LogP contribution in [0, 0.1) is 0 Å². The van der Waals surface area contributed by atoms with E-state index < -0.39 is 0 Å². The second kappa shape index (κ2) is 6.77. The van der Waals surface area contributed by atoms with Crippen LogP contribution in [0.2, 0.25) is 0 Å². The minimum atomic E-state index is -0.172.